The van der Waals surface area contributed by atoms with Gasteiger partial charge < -0.3 is 19.9 Å². The standard InChI is InChI=1S/C32H30N6O4/c1-19-20(2)35-27-16-30-28(15-26(27)34-19)36-31(32(40)38(30)42-21(3)39)25-17-37(13-7-12-33)29-11-10-23(14-24(25)29)41-18-22-8-5-4-6-9-22/h4-6,8-11,14-17H,7,12-13,18,33H2,1-3H3. The lowest BCUT2D eigenvalue weighted by molar-refractivity contribution is -0.141. The van der Waals surface area contributed by atoms with E-state index in [0.717, 1.165) is 39.0 Å². The van der Waals surface area contributed by atoms with Gasteiger partial charge in [0.15, 0.2) is 0 Å². The summed E-state index contributed by atoms with van der Waals surface area (Å²) >= 11 is 0. The molecule has 0 fully saturated rings. The number of aryl methyl sites for hydroxylation is 3. The van der Waals surface area contributed by atoms with Crippen LogP contribution in [0.2, 0.25) is 0 Å². The molecule has 6 aromatic rings. The minimum Gasteiger partial charge on any atom is -0.489 e. The first kappa shape index (κ1) is 27.1. The summed E-state index contributed by atoms with van der Waals surface area (Å²) in [6.45, 7) is 6.58. The van der Waals surface area contributed by atoms with Gasteiger partial charge >= 0.3 is 11.5 Å². The number of rotatable bonds is 8. The minimum absolute atomic E-state index is 0.136. The molecule has 10 nitrogen and oxygen atoms in total. The monoisotopic (exact) mass is 562 g/mol. The van der Waals surface area contributed by atoms with E-state index in [2.05, 4.69) is 14.5 Å². The van der Waals surface area contributed by atoms with Gasteiger partial charge in [-0.2, -0.15) is 0 Å². The number of hydrogen-bond donors (Lipinski definition) is 1. The molecular formula is C32H30N6O4. The fourth-order valence-corrected chi connectivity index (χ4v) is 5.02. The van der Waals surface area contributed by atoms with Gasteiger partial charge in [-0.05, 0) is 62.7 Å². The summed E-state index contributed by atoms with van der Waals surface area (Å²) in [4.78, 5) is 45.6. The molecule has 0 unspecified atom stereocenters. The zero-order valence-corrected chi connectivity index (χ0v) is 23.6. The molecule has 0 amide bonds. The molecule has 212 valence electrons. The highest BCUT2D eigenvalue weighted by molar-refractivity contribution is 5.98. The Balaban J connectivity index is 1.56. The highest BCUT2D eigenvalue weighted by atomic mass is 16.7. The molecule has 0 aliphatic carbocycles. The average Bonchev–Trinajstić information content (AvgIpc) is 3.34. The van der Waals surface area contributed by atoms with Crippen molar-refractivity contribution in [1.82, 2.24) is 24.2 Å². The molecule has 0 saturated carbocycles. The van der Waals surface area contributed by atoms with Gasteiger partial charge in [0, 0.05) is 36.1 Å². The number of nitrogens with zero attached hydrogens (tertiary/aromatic N) is 5. The number of aromatic nitrogens is 5. The van der Waals surface area contributed by atoms with E-state index in [1.54, 1.807) is 12.1 Å². The Morgan fingerprint density at radius 1 is 0.905 bits per heavy atom. The second kappa shape index (κ2) is 11.1. The van der Waals surface area contributed by atoms with Crippen LogP contribution in [0.15, 0.2) is 71.7 Å². The molecule has 42 heavy (non-hydrogen) atoms. The molecule has 0 aliphatic heterocycles. The number of ether oxygens (including phenoxy) is 1. The molecule has 0 spiro atoms. The van der Waals surface area contributed by atoms with Gasteiger partial charge in [0.25, 0.3) is 0 Å². The average molecular weight is 563 g/mol. The molecule has 0 radical (unpaired) electrons. The first-order chi connectivity index (χ1) is 20.3. The van der Waals surface area contributed by atoms with Crippen molar-refractivity contribution in [1.29, 1.82) is 0 Å². The van der Waals surface area contributed by atoms with Crippen molar-refractivity contribution in [2.75, 3.05) is 6.54 Å². The van der Waals surface area contributed by atoms with Crippen LogP contribution in [-0.2, 0) is 17.9 Å². The second-order valence-corrected chi connectivity index (χ2v) is 10.2. The van der Waals surface area contributed by atoms with E-state index in [9.17, 15) is 9.59 Å². The molecule has 0 atom stereocenters. The topological polar surface area (TPSA) is 127 Å². The highest BCUT2D eigenvalue weighted by Crippen LogP contribution is 2.33. The van der Waals surface area contributed by atoms with Crippen LogP contribution in [0.5, 0.6) is 5.75 Å². The van der Waals surface area contributed by atoms with Crippen LogP contribution in [0.3, 0.4) is 0 Å². The summed E-state index contributed by atoms with van der Waals surface area (Å²) in [7, 11) is 0. The van der Waals surface area contributed by atoms with E-state index in [0.29, 0.717) is 53.1 Å². The molecule has 6 rings (SSSR count). The Kier molecular flexibility index (Phi) is 7.13. The lowest BCUT2D eigenvalue weighted by Gasteiger charge is -2.12. The van der Waals surface area contributed by atoms with E-state index in [1.165, 1.54) is 6.92 Å². The maximum atomic E-state index is 14.0. The molecule has 3 heterocycles. The van der Waals surface area contributed by atoms with E-state index < -0.39 is 11.5 Å². The zero-order chi connectivity index (χ0) is 29.4. The predicted molar refractivity (Wildman–Crippen MR) is 161 cm³/mol. The Morgan fingerprint density at radius 3 is 2.36 bits per heavy atom. The summed E-state index contributed by atoms with van der Waals surface area (Å²) in [6.07, 6.45) is 2.64. The van der Waals surface area contributed by atoms with Crippen molar-refractivity contribution in [3.63, 3.8) is 0 Å². The first-order valence-electron chi connectivity index (χ1n) is 13.7. The fraction of sp³-hybridized carbons (Fsp3) is 0.219. The van der Waals surface area contributed by atoms with Crippen LogP contribution in [0.4, 0.5) is 0 Å². The number of carbonyl (C=O) groups excluding carboxylic acids is 1. The molecular weight excluding hydrogens is 532 g/mol. The van der Waals surface area contributed by atoms with Crippen LogP contribution in [0.1, 0.15) is 30.3 Å². The number of carbonyl (C=O) groups is 1. The van der Waals surface area contributed by atoms with Gasteiger partial charge in [0.1, 0.15) is 23.6 Å². The van der Waals surface area contributed by atoms with Gasteiger partial charge in [-0.1, -0.05) is 30.3 Å². The third kappa shape index (κ3) is 5.08. The summed E-state index contributed by atoms with van der Waals surface area (Å²) in [6, 6.07) is 19.1. The molecule has 0 bridgehead atoms. The highest BCUT2D eigenvalue weighted by Gasteiger charge is 2.21. The van der Waals surface area contributed by atoms with Gasteiger partial charge in [0.2, 0.25) is 0 Å². The smallest absolute Gasteiger partial charge is 0.330 e. The predicted octanol–water partition coefficient (Wildman–Crippen LogP) is 4.48. The number of hydrogen-bond acceptors (Lipinski definition) is 8. The Morgan fingerprint density at radius 2 is 1.64 bits per heavy atom. The van der Waals surface area contributed by atoms with Crippen molar-refractivity contribution < 1.29 is 14.4 Å². The van der Waals surface area contributed by atoms with Crippen molar-refractivity contribution in [2.24, 2.45) is 5.73 Å². The van der Waals surface area contributed by atoms with Gasteiger partial charge in [0.05, 0.1) is 27.9 Å². The van der Waals surface area contributed by atoms with Crippen molar-refractivity contribution in [2.45, 2.75) is 40.3 Å². The first-order valence-corrected chi connectivity index (χ1v) is 13.7. The van der Waals surface area contributed by atoms with Crippen molar-refractivity contribution in [3.8, 4) is 17.0 Å². The summed E-state index contributed by atoms with van der Waals surface area (Å²) in [5.74, 6) is 0.0150. The maximum absolute atomic E-state index is 14.0. The zero-order valence-electron chi connectivity index (χ0n) is 23.6. The Hall–Kier alpha value is -5.09. The minimum atomic E-state index is -0.635. The van der Waals surface area contributed by atoms with Crippen LogP contribution in [0.25, 0.3) is 44.2 Å². The number of fused-ring (bicyclic) bond motifs is 3. The number of benzene rings is 3. The number of nitrogens with two attached hydrogens (primary N) is 1. The van der Waals surface area contributed by atoms with Crippen LogP contribution in [-0.4, -0.2) is 36.8 Å². The largest absolute Gasteiger partial charge is 0.489 e. The van der Waals surface area contributed by atoms with E-state index in [-0.39, 0.29) is 5.69 Å². The molecule has 3 aromatic carbocycles. The lowest BCUT2D eigenvalue weighted by Crippen LogP contribution is -2.31. The Bertz CT molecular complexity index is 2030. The normalized spacial score (nSPS) is 11.4. The molecule has 10 heteroatoms. The van der Waals surface area contributed by atoms with Gasteiger partial charge in [-0.15, -0.1) is 4.73 Å². The third-order valence-corrected chi connectivity index (χ3v) is 7.19. The third-order valence-electron chi connectivity index (χ3n) is 7.19. The quantitative estimate of drug-likeness (QED) is 0.269. The van der Waals surface area contributed by atoms with E-state index in [1.807, 2.05) is 68.6 Å². The summed E-state index contributed by atoms with van der Waals surface area (Å²) in [5, 5.41) is 0.781. The van der Waals surface area contributed by atoms with Crippen molar-refractivity contribution in [3.05, 3.63) is 94.2 Å². The molecule has 3 aromatic heterocycles. The fourth-order valence-electron chi connectivity index (χ4n) is 5.02. The summed E-state index contributed by atoms with van der Waals surface area (Å²) in [5.41, 5.74) is 11.4. The summed E-state index contributed by atoms with van der Waals surface area (Å²) < 4.78 is 9.16. The van der Waals surface area contributed by atoms with Crippen LogP contribution < -0.4 is 20.9 Å². The lowest BCUT2D eigenvalue weighted by atomic mass is 10.1. The van der Waals surface area contributed by atoms with Gasteiger partial charge in [-0.25, -0.2) is 19.7 Å². The Labute approximate surface area is 241 Å². The van der Waals surface area contributed by atoms with E-state index in [4.69, 9.17) is 20.3 Å². The van der Waals surface area contributed by atoms with Crippen LogP contribution >= 0.6 is 0 Å². The molecule has 0 saturated heterocycles. The second-order valence-electron chi connectivity index (χ2n) is 10.2. The van der Waals surface area contributed by atoms with Crippen molar-refractivity contribution >= 4 is 38.9 Å². The van der Waals surface area contributed by atoms with E-state index >= 15 is 0 Å². The molecule has 2 N–H and O–H groups in total. The van der Waals surface area contributed by atoms with Gasteiger partial charge in [-0.3, -0.25) is 4.79 Å². The SMILES string of the molecule is CC(=O)On1c(=O)c(-c2cn(CCCN)c3ccc(OCc4ccccc4)cc23)nc2cc3nc(C)c(C)nc3cc21. The maximum Gasteiger partial charge on any atom is 0.330 e. The van der Waals surface area contributed by atoms with Crippen LogP contribution in [0, 0.1) is 13.8 Å². The molecule has 0 aliphatic rings.